The molecule has 0 fully saturated rings. The van der Waals surface area contributed by atoms with E-state index >= 15 is 0 Å². The molecule has 2 aromatic rings. The van der Waals surface area contributed by atoms with Crippen LogP contribution in [0.2, 0.25) is 0 Å². The summed E-state index contributed by atoms with van der Waals surface area (Å²) in [6, 6.07) is 4.41. The average Bonchev–Trinajstić information content (AvgIpc) is 2.81. The third-order valence-corrected chi connectivity index (χ3v) is 3.04. The first-order chi connectivity index (χ1) is 8.59. The predicted molar refractivity (Wildman–Crippen MR) is 66.3 cm³/mol. The summed E-state index contributed by atoms with van der Waals surface area (Å²) in [5, 5.41) is 6.33. The standard InChI is InChI=1S/C11H10BrFN4O/c1-17(5-9-14-6-15-16-9)11(18)10-7(12)3-2-4-8(10)13/h2-4,6H,5H2,1H3,(H,14,15,16). The van der Waals surface area contributed by atoms with E-state index < -0.39 is 11.7 Å². The minimum absolute atomic E-state index is 0.0134. The Bertz CT molecular complexity index is 538. The van der Waals surface area contributed by atoms with Crippen LogP contribution >= 0.6 is 15.9 Å². The molecule has 1 aromatic carbocycles. The van der Waals surface area contributed by atoms with Gasteiger partial charge in [0.15, 0.2) is 0 Å². The topological polar surface area (TPSA) is 61.9 Å². The molecule has 2 rings (SSSR count). The van der Waals surface area contributed by atoms with Gasteiger partial charge in [0.05, 0.1) is 12.1 Å². The zero-order chi connectivity index (χ0) is 13.1. The van der Waals surface area contributed by atoms with E-state index in [1.807, 2.05) is 0 Å². The van der Waals surface area contributed by atoms with Gasteiger partial charge < -0.3 is 4.90 Å². The molecular formula is C11H10BrFN4O. The Hall–Kier alpha value is -1.76. The van der Waals surface area contributed by atoms with Gasteiger partial charge in [0, 0.05) is 11.5 Å². The van der Waals surface area contributed by atoms with Gasteiger partial charge in [-0.3, -0.25) is 9.89 Å². The van der Waals surface area contributed by atoms with Gasteiger partial charge in [-0.2, -0.15) is 5.10 Å². The molecule has 0 spiro atoms. The highest BCUT2D eigenvalue weighted by Crippen LogP contribution is 2.21. The Morgan fingerprint density at radius 3 is 2.94 bits per heavy atom. The molecule has 1 amide bonds. The van der Waals surface area contributed by atoms with Crippen molar-refractivity contribution in [3.8, 4) is 0 Å². The van der Waals surface area contributed by atoms with Crippen molar-refractivity contribution in [1.29, 1.82) is 0 Å². The summed E-state index contributed by atoms with van der Waals surface area (Å²) < 4.78 is 14.1. The van der Waals surface area contributed by atoms with Gasteiger partial charge >= 0.3 is 0 Å². The highest BCUT2D eigenvalue weighted by molar-refractivity contribution is 9.10. The summed E-state index contributed by atoms with van der Waals surface area (Å²) in [6.07, 6.45) is 1.35. The molecule has 7 heteroatoms. The van der Waals surface area contributed by atoms with E-state index in [4.69, 9.17) is 0 Å². The smallest absolute Gasteiger partial charge is 0.258 e. The van der Waals surface area contributed by atoms with Gasteiger partial charge in [0.1, 0.15) is 18.0 Å². The van der Waals surface area contributed by atoms with E-state index in [1.54, 1.807) is 13.1 Å². The lowest BCUT2D eigenvalue weighted by Gasteiger charge is -2.16. The fraction of sp³-hybridized carbons (Fsp3) is 0.182. The second-order valence-corrected chi connectivity index (χ2v) is 4.54. The van der Waals surface area contributed by atoms with Crippen LogP contribution in [0.4, 0.5) is 4.39 Å². The van der Waals surface area contributed by atoms with Gasteiger partial charge in [-0.15, -0.1) is 0 Å². The molecule has 0 radical (unpaired) electrons. The summed E-state index contributed by atoms with van der Waals surface area (Å²) >= 11 is 3.17. The summed E-state index contributed by atoms with van der Waals surface area (Å²) in [5.74, 6) is -0.437. The maximum Gasteiger partial charge on any atom is 0.258 e. The number of rotatable bonds is 3. The molecule has 5 nitrogen and oxygen atoms in total. The lowest BCUT2D eigenvalue weighted by atomic mass is 10.2. The van der Waals surface area contributed by atoms with Crippen LogP contribution in [0.5, 0.6) is 0 Å². The van der Waals surface area contributed by atoms with Crippen LogP contribution in [-0.4, -0.2) is 33.0 Å². The van der Waals surface area contributed by atoms with Gasteiger partial charge in [-0.1, -0.05) is 6.07 Å². The number of nitrogens with zero attached hydrogens (tertiary/aromatic N) is 3. The summed E-state index contributed by atoms with van der Waals surface area (Å²) in [5.41, 5.74) is 0.0134. The first-order valence-corrected chi connectivity index (χ1v) is 5.92. The lowest BCUT2D eigenvalue weighted by molar-refractivity contribution is 0.0776. The summed E-state index contributed by atoms with van der Waals surface area (Å²) in [7, 11) is 1.57. The van der Waals surface area contributed by atoms with Crippen molar-refractivity contribution in [2.45, 2.75) is 6.54 Å². The van der Waals surface area contributed by atoms with Crippen molar-refractivity contribution in [3.05, 3.63) is 46.2 Å². The first kappa shape index (κ1) is 12.7. The first-order valence-electron chi connectivity index (χ1n) is 5.13. The molecule has 0 atom stereocenters. The molecule has 18 heavy (non-hydrogen) atoms. The number of carbonyl (C=O) groups excluding carboxylic acids is 1. The van der Waals surface area contributed by atoms with Gasteiger partial charge in [-0.05, 0) is 28.1 Å². The van der Waals surface area contributed by atoms with Gasteiger partial charge in [-0.25, -0.2) is 9.37 Å². The molecule has 0 bridgehead atoms. The van der Waals surface area contributed by atoms with Crippen molar-refractivity contribution in [2.24, 2.45) is 0 Å². The Labute approximate surface area is 111 Å². The number of aromatic amines is 1. The van der Waals surface area contributed by atoms with E-state index in [-0.39, 0.29) is 12.1 Å². The number of H-pyrrole nitrogens is 1. The third-order valence-electron chi connectivity index (χ3n) is 2.38. The zero-order valence-corrected chi connectivity index (χ0v) is 11.1. The quantitative estimate of drug-likeness (QED) is 0.942. The van der Waals surface area contributed by atoms with Gasteiger partial charge in [0.25, 0.3) is 5.91 Å². The molecule has 94 valence electrons. The second kappa shape index (κ2) is 5.26. The number of amides is 1. The van der Waals surface area contributed by atoms with Crippen molar-refractivity contribution in [3.63, 3.8) is 0 Å². The minimum atomic E-state index is -0.557. The van der Waals surface area contributed by atoms with Crippen LogP contribution in [-0.2, 0) is 6.54 Å². The molecule has 1 N–H and O–H groups in total. The SMILES string of the molecule is CN(Cc1ncn[nH]1)C(=O)c1c(F)cccc1Br. The van der Waals surface area contributed by atoms with Crippen molar-refractivity contribution >= 4 is 21.8 Å². The highest BCUT2D eigenvalue weighted by Gasteiger charge is 2.19. The van der Waals surface area contributed by atoms with Crippen LogP contribution in [0.25, 0.3) is 0 Å². The number of hydrogen-bond acceptors (Lipinski definition) is 3. The molecule has 1 heterocycles. The molecular weight excluding hydrogens is 303 g/mol. The normalized spacial score (nSPS) is 10.4. The fourth-order valence-electron chi connectivity index (χ4n) is 1.50. The van der Waals surface area contributed by atoms with E-state index in [2.05, 4.69) is 31.1 Å². The van der Waals surface area contributed by atoms with E-state index in [0.717, 1.165) is 0 Å². The van der Waals surface area contributed by atoms with Crippen LogP contribution in [0.3, 0.4) is 0 Å². The molecule has 0 aliphatic heterocycles. The molecule has 0 unspecified atom stereocenters. The molecule has 0 aliphatic rings. The number of carbonyl (C=O) groups is 1. The zero-order valence-electron chi connectivity index (χ0n) is 9.52. The van der Waals surface area contributed by atoms with Crippen LogP contribution < -0.4 is 0 Å². The Kier molecular flexibility index (Phi) is 3.71. The highest BCUT2D eigenvalue weighted by atomic mass is 79.9. The Balaban J connectivity index is 2.21. The molecule has 0 aliphatic carbocycles. The molecule has 0 saturated heterocycles. The number of benzene rings is 1. The third kappa shape index (κ3) is 2.56. The second-order valence-electron chi connectivity index (χ2n) is 3.69. The number of aromatic nitrogens is 3. The predicted octanol–water partition coefficient (Wildman–Crippen LogP) is 1.98. The number of halogens is 2. The maximum atomic E-state index is 13.6. The van der Waals surface area contributed by atoms with E-state index in [1.165, 1.54) is 23.4 Å². The van der Waals surface area contributed by atoms with Crippen LogP contribution in [0.15, 0.2) is 29.0 Å². The monoisotopic (exact) mass is 312 g/mol. The number of nitrogens with one attached hydrogen (secondary N) is 1. The van der Waals surface area contributed by atoms with E-state index in [9.17, 15) is 9.18 Å². The molecule has 1 aromatic heterocycles. The Morgan fingerprint density at radius 1 is 1.56 bits per heavy atom. The number of hydrogen-bond donors (Lipinski definition) is 1. The molecule has 0 saturated carbocycles. The fourth-order valence-corrected chi connectivity index (χ4v) is 2.01. The van der Waals surface area contributed by atoms with Crippen LogP contribution in [0.1, 0.15) is 16.2 Å². The van der Waals surface area contributed by atoms with Crippen LogP contribution in [0, 0.1) is 5.82 Å². The largest absolute Gasteiger partial charge is 0.334 e. The van der Waals surface area contributed by atoms with E-state index in [0.29, 0.717) is 10.3 Å². The van der Waals surface area contributed by atoms with Gasteiger partial charge in [0.2, 0.25) is 0 Å². The summed E-state index contributed by atoms with van der Waals surface area (Å²) in [4.78, 5) is 17.4. The van der Waals surface area contributed by atoms with Crippen molar-refractivity contribution in [2.75, 3.05) is 7.05 Å². The van der Waals surface area contributed by atoms with Crippen molar-refractivity contribution in [1.82, 2.24) is 20.1 Å². The summed E-state index contributed by atoms with van der Waals surface area (Å²) in [6.45, 7) is 0.236. The maximum absolute atomic E-state index is 13.6. The Morgan fingerprint density at radius 2 is 2.33 bits per heavy atom. The average molecular weight is 313 g/mol. The van der Waals surface area contributed by atoms with Crippen molar-refractivity contribution < 1.29 is 9.18 Å². The lowest BCUT2D eigenvalue weighted by Crippen LogP contribution is -2.27. The minimum Gasteiger partial charge on any atom is -0.334 e.